The topological polar surface area (TPSA) is 46.3 Å². The van der Waals surface area contributed by atoms with Gasteiger partial charge in [0.1, 0.15) is 0 Å². The van der Waals surface area contributed by atoms with Gasteiger partial charge in [0.2, 0.25) is 0 Å². The number of hydrogen-bond acceptors (Lipinski definition) is 2. The van der Waals surface area contributed by atoms with E-state index in [1.165, 1.54) is 0 Å². The lowest BCUT2D eigenvalue weighted by molar-refractivity contribution is 0.0744. The summed E-state index contributed by atoms with van der Waals surface area (Å²) >= 11 is 12.2. The molecule has 5 heteroatoms. The molecule has 0 saturated heterocycles. The standard InChI is InChI=1S/C16H16Cl2N2O/c1-10(11-6-3-4-8-13(11)17)20(2)16(21)12-7-5-9-14(18)15(12)19/h3-10H,19H2,1-2H3. The highest BCUT2D eigenvalue weighted by atomic mass is 35.5. The van der Waals surface area contributed by atoms with Crippen LogP contribution in [0.15, 0.2) is 42.5 Å². The van der Waals surface area contributed by atoms with E-state index in [1.807, 2.05) is 25.1 Å². The Labute approximate surface area is 134 Å². The monoisotopic (exact) mass is 322 g/mol. The average Bonchev–Trinajstić information content (AvgIpc) is 2.48. The van der Waals surface area contributed by atoms with Crippen molar-refractivity contribution in [2.45, 2.75) is 13.0 Å². The van der Waals surface area contributed by atoms with Gasteiger partial charge in [-0.3, -0.25) is 4.79 Å². The molecule has 0 heterocycles. The molecule has 1 unspecified atom stereocenters. The van der Waals surface area contributed by atoms with E-state index in [-0.39, 0.29) is 11.9 Å². The Hall–Kier alpha value is -1.71. The van der Waals surface area contributed by atoms with Gasteiger partial charge in [0.25, 0.3) is 5.91 Å². The fraction of sp³-hybridized carbons (Fsp3) is 0.188. The number of halogens is 2. The second-order valence-electron chi connectivity index (χ2n) is 4.81. The van der Waals surface area contributed by atoms with E-state index < -0.39 is 0 Å². The van der Waals surface area contributed by atoms with Gasteiger partial charge in [0.15, 0.2) is 0 Å². The van der Waals surface area contributed by atoms with Gasteiger partial charge in [0.05, 0.1) is 22.3 Å². The minimum atomic E-state index is -0.192. The zero-order chi connectivity index (χ0) is 15.6. The molecule has 0 aromatic heterocycles. The van der Waals surface area contributed by atoms with Crippen molar-refractivity contribution < 1.29 is 4.79 Å². The van der Waals surface area contributed by atoms with Crippen molar-refractivity contribution in [2.24, 2.45) is 0 Å². The summed E-state index contributed by atoms with van der Waals surface area (Å²) in [4.78, 5) is 14.2. The molecule has 2 N–H and O–H groups in total. The van der Waals surface area contributed by atoms with Crippen LogP contribution in [0.3, 0.4) is 0 Å². The Morgan fingerprint density at radius 1 is 1.10 bits per heavy atom. The fourth-order valence-corrected chi connectivity index (χ4v) is 2.58. The lowest BCUT2D eigenvalue weighted by Gasteiger charge is -2.26. The summed E-state index contributed by atoms with van der Waals surface area (Å²) in [6.07, 6.45) is 0. The van der Waals surface area contributed by atoms with E-state index in [0.717, 1.165) is 5.56 Å². The molecule has 2 aromatic rings. The van der Waals surface area contributed by atoms with Crippen LogP contribution in [-0.4, -0.2) is 17.9 Å². The molecule has 2 rings (SSSR count). The SMILES string of the molecule is CC(c1ccccc1Cl)N(C)C(=O)c1cccc(Cl)c1N. The van der Waals surface area contributed by atoms with Gasteiger partial charge in [0, 0.05) is 12.1 Å². The number of hydrogen-bond donors (Lipinski definition) is 1. The number of nitrogens with zero attached hydrogens (tertiary/aromatic N) is 1. The molecule has 21 heavy (non-hydrogen) atoms. The van der Waals surface area contributed by atoms with Crippen LogP contribution in [0.5, 0.6) is 0 Å². The number of nitrogens with two attached hydrogens (primary N) is 1. The molecule has 0 aliphatic rings. The van der Waals surface area contributed by atoms with Crippen LogP contribution < -0.4 is 5.73 Å². The summed E-state index contributed by atoms with van der Waals surface area (Å²) in [5.74, 6) is -0.192. The quantitative estimate of drug-likeness (QED) is 0.851. The second-order valence-corrected chi connectivity index (χ2v) is 5.63. The molecule has 110 valence electrons. The van der Waals surface area contributed by atoms with Crippen LogP contribution in [0.2, 0.25) is 10.0 Å². The van der Waals surface area contributed by atoms with Crippen LogP contribution in [0.4, 0.5) is 5.69 Å². The number of amides is 1. The smallest absolute Gasteiger partial charge is 0.256 e. The van der Waals surface area contributed by atoms with Crippen molar-refractivity contribution in [1.29, 1.82) is 0 Å². The van der Waals surface area contributed by atoms with Crippen molar-refractivity contribution in [1.82, 2.24) is 4.90 Å². The predicted octanol–water partition coefficient (Wildman–Crippen LogP) is 4.41. The van der Waals surface area contributed by atoms with Crippen LogP contribution in [0.1, 0.15) is 28.9 Å². The third kappa shape index (κ3) is 3.14. The maximum absolute atomic E-state index is 12.6. The van der Waals surface area contributed by atoms with Crippen molar-refractivity contribution in [3.8, 4) is 0 Å². The van der Waals surface area contributed by atoms with Crippen molar-refractivity contribution >= 4 is 34.8 Å². The molecule has 0 aliphatic heterocycles. The predicted molar refractivity (Wildman–Crippen MR) is 87.8 cm³/mol. The Morgan fingerprint density at radius 2 is 1.71 bits per heavy atom. The van der Waals surface area contributed by atoms with E-state index in [2.05, 4.69) is 0 Å². The third-order valence-corrected chi connectivity index (χ3v) is 4.21. The van der Waals surface area contributed by atoms with Crippen LogP contribution in [0.25, 0.3) is 0 Å². The Kier molecular flexibility index (Phi) is 4.76. The first-order valence-electron chi connectivity index (χ1n) is 6.49. The molecule has 1 atom stereocenters. The summed E-state index contributed by atoms with van der Waals surface area (Å²) in [6.45, 7) is 1.92. The van der Waals surface area contributed by atoms with Crippen molar-refractivity contribution in [2.75, 3.05) is 12.8 Å². The fourth-order valence-electron chi connectivity index (χ4n) is 2.11. The Morgan fingerprint density at radius 3 is 2.38 bits per heavy atom. The Bertz CT molecular complexity index is 673. The van der Waals surface area contributed by atoms with Gasteiger partial charge < -0.3 is 10.6 Å². The summed E-state index contributed by atoms with van der Waals surface area (Å²) in [5.41, 5.74) is 7.46. The first-order valence-corrected chi connectivity index (χ1v) is 7.24. The van der Waals surface area contributed by atoms with Crippen LogP contribution in [-0.2, 0) is 0 Å². The minimum absolute atomic E-state index is 0.176. The largest absolute Gasteiger partial charge is 0.397 e. The van der Waals surface area contributed by atoms with E-state index in [1.54, 1.807) is 36.2 Å². The molecule has 0 bridgehead atoms. The maximum Gasteiger partial charge on any atom is 0.256 e. The number of carbonyl (C=O) groups excluding carboxylic acids is 1. The summed E-state index contributed by atoms with van der Waals surface area (Å²) in [7, 11) is 1.72. The summed E-state index contributed by atoms with van der Waals surface area (Å²) in [5, 5.41) is 1.00. The number of benzene rings is 2. The van der Waals surface area contributed by atoms with Crippen molar-refractivity contribution in [3.05, 3.63) is 63.6 Å². The summed E-state index contributed by atoms with van der Waals surface area (Å²) < 4.78 is 0. The highest BCUT2D eigenvalue weighted by molar-refractivity contribution is 6.34. The molecule has 1 amide bonds. The number of rotatable bonds is 3. The zero-order valence-corrected chi connectivity index (χ0v) is 13.3. The van der Waals surface area contributed by atoms with Gasteiger partial charge in [-0.1, -0.05) is 47.5 Å². The lowest BCUT2D eigenvalue weighted by atomic mass is 10.1. The molecular formula is C16H16Cl2N2O. The van der Waals surface area contributed by atoms with E-state index >= 15 is 0 Å². The van der Waals surface area contributed by atoms with Crippen molar-refractivity contribution in [3.63, 3.8) is 0 Å². The molecule has 2 aromatic carbocycles. The molecule has 0 radical (unpaired) electrons. The number of para-hydroxylation sites is 1. The lowest BCUT2D eigenvalue weighted by Crippen LogP contribution is -2.30. The second kappa shape index (κ2) is 6.37. The van der Waals surface area contributed by atoms with Gasteiger partial charge in [-0.25, -0.2) is 0 Å². The third-order valence-electron chi connectivity index (χ3n) is 3.54. The molecule has 0 fully saturated rings. The summed E-state index contributed by atoms with van der Waals surface area (Å²) in [6, 6.07) is 12.3. The van der Waals surface area contributed by atoms with E-state index in [9.17, 15) is 4.79 Å². The van der Waals surface area contributed by atoms with Gasteiger partial charge in [-0.15, -0.1) is 0 Å². The first-order chi connectivity index (χ1) is 9.93. The van der Waals surface area contributed by atoms with Crippen LogP contribution in [0, 0.1) is 0 Å². The number of carbonyl (C=O) groups is 1. The molecule has 0 saturated carbocycles. The normalized spacial score (nSPS) is 12.0. The zero-order valence-electron chi connectivity index (χ0n) is 11.8. The van der Waals surface area contributed by atoms with E-state index in [4.69, 9.17) is 28.9 Å². The first kappa shape index (κ1) is 15.7. The highest BCUT2D eigenvalue weighted by Gasteiger charge is 2.22. The number of nitrogen functional groups attached to an aromatic ring is 1. The Balaban J connectivity index is 2.31. The van der Waals surface area contributed by atoms with Gasteiger partial charge in [-0.05, 0) is 30.7 Å². The maximum atomic E-state index is 12.6. The van der Waals surface area contributed by atoms with Crippen LogP contribution >= 0.6 is 23.2 Å². The van der Waals surface area contributed by atoms with Gasteiger partial charge >= 0.3 is 0 Å². The molecule has 0 aliphatic carbocycles. The van der Waals surface area contributed by atoms with E-state index in [0.29, 0.717) is 21.3 Å². The number of anilines is 1. The molecule has 3 nitrogen and oxygen atoms in total. The van der Waals surface area contributed by atoms with Gasteiger partial charge in [-0.2, -0.15) is 0 Å². The minimum Gasteiger partial charge on any atom is -0.397 e. The average molecular weight is 323 g/mol. The highest BCUT2D eigenvalue weighted by Crippen LogP contribution is 2.29. The molecular weight excluding hydrogens is 307 g/mol. The molecule has 0 spiro atoms.